The molecule has 2 aromatic carbocycles. The zero-order chi connectivity index (χ0) is 13.4. The van der Waals surface area contributed by atoms with Crippen LogP contribution >= 0.6 is 15.9 Å². The molecule has 0 aliphatic carbocycles. The van der Waals surface area contributed by atoms with Crippen molar-refractivity contribution in [3.8, 4) is 0 Å². The minimum atomic E-state index is -0.179. The molecule has 1 aliphatic rings. The Morgan fingerprint density at radius 2 is 1.79 bits per heavy atom. The van der Waals surface area contributed by atoms with Gasteiger partial charge in [-0.2, -0.15) is 0 Å². The minimum absolute atomic E-state index is 0.0550. The number of rotatable bonds is 1. The van der Waals surface area contributed by atoms with Crippen molar-refractivity contribution in [3.05, 3.63) is 58.1 Å². The molecule has 0 spiro atoms. The Labute approximate surface area is 120 Å². The highest BCUT2D eigenvalue weighted by molar-refractivity contribution is 9.10. The standard InChI is InChI=1S/C14H12BBrN2O/c1-9-2-4-10(5-3-9)15-17-13-7-6-11(16)8-12(13)14(19)18-15/h2-8,17H,1H3,(H,18,19). The van der Waals surface area contributed by atoms with Crippen LogP contribution in [0.3, 0.4) is 0 Å². The lowest BCUT2D eigenvalue weighted by molar-refractivity contribution is 0.0979. The summed E-state index contributed by atoms with van der Waals surface area (Å²) in [6, 6.07) is 13.8. The average molecular weight is 315 g/mol. The van der Waals surface area contributed by atoms with Crippen molar-refractivity contribution in [2.45, 2.75) is 6.92 Å². The second-order valence-electron chi connectivity index (χ2n) is 4.65. The Bertz CT molecular complexity index is 642. The van der Waals surface area contributed by atoms with Crippen LogP contribution in [-0.4, -0.2) is 12.9 Å². The van der Waals surface area contributed by atoms with E-state index in [0.717, 1.165) is 15.6 Å². The zero-order valence-corrected chi connectivity index (χ0v) is 12.0. The van der Waals surface area contributed by atoms with Crippen molar-refractivity contribution in [1.29, 1.82) is 0 Å². The molecule has 1 amide bonds. The summed E-state index contributed by atoms with van der Waals surface area (Å²) < 4.78 is 0.900. The van der Waals surface area contributed by atoms with E-state index in [1.165, 1.54) is 5.56 Å². The molecule has 0 fully saturated rings. The number of fused-ring (bicyclic) bond motifs is 1. The molecule has 0 atom stereocenters. The molecule has 94 valence electrons. The molecule has 2 N–H and O–H groups in total. The molecule has 3 rings (SSSR count). The average Bonchev–Trinajstić information content (AvgIpc) is 2.40. The van der Waals surface area contributed by atoms with Gasteiger partial charge in [0.25, 0.3) is 0 Å². The number of benzene rings is 2. The molecule has 3 nitrogen and oxygen atoms in total. The van der Waals surface area contributed by atoms with Gasteiger partial charge in [0.15, 0.2) is 0 Å². The lowest BCUT2D eigenvalue weighted by Gasteiger charge is -2.25. The van der Waals surface area contributed by atoms with Crippen LogP contribution in [0.1, 0.15) is 15.9 Å². The fraction of sp³-hybridized carbons (Fsp3) is 0.0714. The summed E-state index contributed by atoms with van der Waals surface area (Å²) in [5.41, 5.74) is 3.78. The Balaban J connectivity index is 1.95. The topological polar surface area (TPSA) is 41.1 Å². The van der Waals surface area contributed by atoms with Crippen LogP contribution in [0.15, 0.2) is 46.9 Å². The van der Waals surface area contributed by atoms with Crippen molar-refractivity contribution in [3.63, 3.8) is 0 Å². The van der Waals surface area contributed by atoms with Crippen molar-refractivity contribution in [2.24, 2.45) is 0 Å². The third-order valence-electron chi connectivity index (χ3n) is 3.21. The third kappa shape index (κ3) is 2.38. The first-order valence-corrected chi connectivity index (χ1v) is 6.86. The van der Waals surface area contributed by atoms with Crippen LogP contribution in [0.5, 0.6) is 0 Å². The van der Waals surface area contributed by atoms with Gasteiger partial charge in [-0.15, -0.1) is 0 Å². The maximum absolute atomic E-state index is 12.1. The molecule has 19 heavy (non-hydrogen) atoms. The maximum Gasteiger partial charge on any atom is 0.408 e. The Hall–Kier alpha value is -1.75. The summed E-state index contributed by atoms with van der Waals surface area (Å²) in [6.07, 6.45) is 0. The van der Waals surface area contributed by atoms with E-state index in [2.05, 4.69) is 26.4 Å². The smallest absolute Gasteiger partial charge is 0.405 e. The molecule has 0 saturated carbocycles. The lowest BCUT2D eigenvalue weighted by Crippen LogP contribution is -2.56. The number of carbonyl (C=O) groups excluding carboxylic acids is 1. The monoisotopic (exact) mass is 314 g/mol. The van der Waals surface area contributed by atoms with Gasteiger partial charge in [-0.1, -0.05) is 45.8 Å². The normalized spacial score (nSPS) is 13.6. The van der Waals surface area contributed by atoms with Gasteiger partial charge >= 0.3 is 6.98 Å². The quantitative estimate of drug-likeness (QED) is 0.793. The lowest BCUT2D eigenvalue weighted by atomic mass is 9.66. The van der Waals surface area contributed by atoms with Crippen LogP contribution in [0.4, 0.5) is 5.69 Å². The predicted molar refractivity (Wildman–Crippen MR) is 81.8 cm³/mol. The molecule has 0 unspecified atom stereocenters. The molecule has 1 heterocycles. The van der Waals surface area contributed by atoms with Gasteiger partial charge in [0.1, 0.15) is 0 Å². The van der Waals surface area contributed by atoms with Crippen LogP contribution in [0.25, 0.3) is 0 Å². The van der Waals surface area contributed by atoms with Crippen LogP contribution in [0.2, 0.25) is 0 Å². The number of halogens is 1. The van der Waals surface area contributed by atoms with Gasteiger partial charge in [0.05, 0.1) is 5.56 Å². The number of carbonyl (C=O) groups is 1. The van der Waals surface area contributed by atoms with E-state index in [9.17, 15) is 4.79 Å². The molecule has 0 saturated heterocycles. The van der Waals surface area contributed by atoms with Gasteiger partial charge in [-0.25, -0.2) is 0 Å². The molecular weight excluding hydrogens is 303 g/mol. The van der Waals surface area contributed by atoms with Crippen molar-refractivity contribution >= 4 is 40.0 Å². The summed E-state index contributed by atoms with van der Waals surface area (Å²) in [5.74, 6) is -0.0550. The fourth-order valence-electron chi connectivity index (χ4n) is 2.16. The van der Waals surface area contributed by atoms with Crippen molar-refractivity contribution in [1.82, 2.24) is 5.23 Å². The highest BCUT2D eigenvalue weighted by Crippen LogP contribution is 2.23. The van der Waals surface area contributed by atoms with Gasteiger partial charge in [0.2, 0.25) is 5.91 Å². The van der Waals surface area contributed by atoms with E-state index < -0.39 is 0 Å². The number of nitrogens with one attached hydrogen (secondary N) is 2. The molecule has 0 aromatic heterocycles. The Morgan fingerprint density at radius 1 is 1.05 bits per heavy atom. The van der Waals surface area contributed by atoms with E-state index in [0.29, 0.717) is 5.56 Å². The number of amides is 1. The Kier molecular flexibility index (Phi) is 3.07. The van der Waals surface area contributed by atoms with Gasteiger partial charge in [0, 0.05) is 10.2 Å². The van der Waals surface area contributed by atoms with Crippen LogP contribution in [0, 0.1) is 6.92 Å². The highest BCUT2D eigenvalue weighted by Gasteiger charge is 2.28. The molecule has 5 heteroatoms. The van der Waals surface area contributed by atoms with E-state index in [4.69, 9.17) is 0 Å². The second kappa shape index (κ2) is 4.74. The maximum atomic E-state index is 12.1. The van der Waals surface area contributed by atoms with Crippen molar-refractivity contribution < 1.29 is 4.79 Å². The molecule has 0 radical (unpaired) electrons. The van der Waals surface area contributed by atoms with Crippen LogP contribution < -0.4 is 15.9 Å². The Morgan fingerprint density at radius 3 is 2.53 bits per heavy atom. The fourth-order valence-corrected chi connectivity index (χ4v) is 2.52. The second-order valence-corrected chi connectivity index (χ2v) is 5.57. The number of hydrogen-bond acceptors (Lipinski definition) is 2. The molecular formula is C14H12BBrN2O. The summed E-state index contributed by atoms with van der Waals surface area (Å²) in [7, 11) is 0. The number of anilines is 1. The third-order valence-corrected chi connectivity index (χ3v) is 3.71. The SMILES string of the molecule is Cc1ccc(B2NC(=O)c3cc(Br)ccc3N2)cc1. The first kappa shape index (κ1) is 12.3. The van der Waals surface area contributed by atoms with E-state index in [1.807, 2.05) is 49.4 Å². The van der Waals surface area contributed by atoms with Gasteiger partial charge in [-0.3, -0.25) is 4.79 Å². The summed E-state index contributed by atoms with van der Waals surface area (Å²) in [5, 5.41) is 6.30. The van der Waals surface area contributed by atoms with Gasteiger partial charge in [-0.05, 0) is 30.6 Å². The molecule has 1 aliphatic heterocycles. The van der Waals surface area contributed by atoms with E-state index in [-0.39, 0.29) is 12.9 Å². The number of hydrogen-bond donors (Lipinski definition) is 2. The minimum Gasteiger partial charge on any atom is -0.405 e. The van der Waals surface area contributed by atoms with Crippen LogP contribution in [-0.2, 0) is 0 Å². The van der Waals surface area contributed by atoms with E-state index >= 15 is 0 Å². The predicted octanol–water partition coefficient (Wildman–Crippen LogP) is 2.31. The number of aryl methyl sites for hydroxylation is 1. The first-order chi connectivity index (χ1) is 9.13. The largest absolute Gasteiger partial charge is 0.408 e. The van der Waals surface area contributed by atoms with Crippen molar-refractivity contribution in [2.75, 3.05) is 5.23 Å². The van der Waals surface area contributed by atoms with E-state index in [1.54, 1.807) is 0 Å². The summed E-state index contributed by atoms with van der Waals surface area (Å²) >= 11 is 3.38. The summed E-state index contributed by atoms with van der Waals surface area (Å²) in [6.45, 7) is 1.87. The first-order valence-electron chi connectivity index (χ1n) is 6.07. The zero-order valence-electron chi connectivity index (χ0n) is 10.4. The molecule has 0 bridgehead atoms. The van der Waals surface area contributed by atoms with Gasteiger partial charge < -0.3 is 10.5 Å². The highest BCUT2D eigenvalue weighted by atomic mass is 79.9. The summed E-state index contributed by atoms with van der Waals surface area (Å²) in [4.78, 5) is 12.1. The molecule has 2 aromatic rings.